The Balaban J connectivity index is 1.25. The number of benzene rings is 2. The number of anilines is 1. The summed E-state index contributed by atoms with van der Waals surface area (Å²) in [6.07, 6.45) is 6.80. The molecule has 3 heterocycles. The van der Waals surface area contributed by atoms with E-state index in [0.29, 0.717) is 24.2 Å². The van der Waals surface area contributed by atoms with Gasteiger partial charge in [0.05, 0.1) is 11.8 Å². The van der Waals surface area contributed by atoms with Crippen molar-refractivity contribution >= 4 is 17.6 Å². The molecular formula is C28H28N6O2. The van der Waals surface area contributed by atoms with Gasteiger partial charge in [0.25, 0.3) is 11.8 Å². The highest BCUT2D eigenvalue weighted by atomic mass is 16.2. The summed E-state index contributed by atoms with van der Waals surface area (Å²) in [6, 6.07) is 19.3. The molecule has 2 amide bonds. The second-order valence-electron chi connectivity index (χ2n) is 9.07. The van der Waals surface area contributed by atoms with E-state index in [1.165, 1.54) is 0 Å². The van der Waals surface area contributed by atoms with Crippen LogP contribution in [0.5, 0.6) is 0 Å². The van der Waals surface area contributed by atoms with E-state index >= 15 is 0 Å². The Morgan fingerprint density at radius 2 is 1.72 bits per heavy atom. The van der Waals surface area contributed by atoms with Crippen LogP contribution in [0.3, 0.4) is 0 Å². The molecule has 5 rings (SSSR count). The number of hydrogen-bond acceptors (Lipinski definition) is 5. The minimum absolute atomic E-state index is 0.0340. The van der Waals surface area contributed by atoms with Gasteiger partial charge in [-0.15, -0.1) is 0 Å². The third-order valence-electron chi connectivity index (χ3n) is 6.48. The van der Waals surface area contributed by atoms with Crippen LogP contribution in [0.4, 0.5) is 5.82 Å². The van der Waals surface area contributed by atoms with E-state index in [1.807, 2.05) is 67.8 Å². The van der Waals surface area contributed by atoms with Gasteiger partial charge in [0.15, 0.2) is 0 Å². The van der Waals surface area contributed by atoms with Crippen LogP contribution >= 0.6 is 0 Å². The molecule has 8 nitrogen and oxygen atoms in total. The van der Waals surface area contributed by atoms with Crippen molar-refractivity contribution in [3.05, 3.63) is 90.4 Å². The number of piperidine rings is 1. The maximum absolute atomic E-state index is 13.2. The predicted octanol–water partition coefficient (Wildman–Crippen LogP) is 3.77. The van der Waals surface area contributed by atoms with Gasteiger partial charge in [-0.25, -0.2) is 4.98 Å². The van der Waals surface area contributed by atoms with E-state index in [-0.39, 0.29) is 23.7 Å². The highest BCUT2D eigenvalue weighted by Gasteiger charge is 2.26. The van der Waals surface area contributed by atoms with Crippen molar-refractivity contribution in [2.24, 2.45) is 7.05 Å². The number of nitrogens with two attached hydrogens (primary N) is 1. The first-order valence-corrected chi connectivity index (χ1v) is 12.0. The third kappa shape index (κ3) is 4.98. The minimum atomic E-state index is -0.294. The number of rotatable bonds is 5. The number of aromatic nitrogens is 3. The molecule has 2 aromatic heterocycles. The lowest BCUT2D eigenvalue weighted by Gasteiger charge is -2.33. The lowest BCUT2D eigenvalue weighted by Crippen LogP contribution is -2.49. The van der Waals surface area contributed by atoms with Crippen molar-refractivity contribution in [2.75, 3.05) is 18.8 Å². The first-order chi connectivity index (χ1) is 17.5. The molecule has 1 fully saturated rings. The van der Waals surface area contributed by atoms with Gasteiger partial charge in [-0.2, -0.15) is 5.10 Å². The smallest absolute Gasteiger partial charge is 0.255 e. The Bertz CT molecular complexity index is 1380. The zero-order valence-corrected chi connectivity index (χ0v) is 20.1. The zero-order chi connectivity index (χ0) is 25.1. The van der Waals surface area contributed by atoms with Crippen LogP contribution < -0.4 is 11.1 Å². The number of nitrogens with zero attached hydrogens (tertiary/aromatic N) is 4. The lowest BCUT2D eigenvalue weighted by atomic mass is 10.0. The van der Waals surface area contributed by atoms with Gasteiger partial charge in [-0.1, -0.05) is 42.5 Å². The van der Waals surface area contributed by atoms with Crippen LogP contribution in [-0.4, -0.2) is 50.6 Å². The Hall–Kier alpha value is -4.46. The molecule has 1 saturated heterocycles. The number of hydrogen-bond donors (Lipinski definition) is 2. The van der Waals surface area contributed by atoms with Crippen LogP contribution in [0, 0.1) is 0 Å². The second kappa shape index (κ2) is 10.0. The zero-order valence-electron chi connectivity index (χ0n) is 20.1. The van der Waals surface area contributed by atoms with E-state index < -0.39 is 0 Å². The molecule has 0 aliphatic carbocycles. The molecular weight excluding hydrogens is 452 g/mol. The van der Waals surface area contributed by atoms with Crippen molar-refractivity contribution in [1.82, 2.24) is 25.0 Å². The molecule has 1 aliphatic heterocycles. The van der Waals surface area contributed by atoms with Gasteiger partial charge >= 0.3 is 0 Å². The monoisotopic (exact) mass is 480 g/mol. The van der Waals surface area contributed by atoms with Crippen LogP contribution in [0.25, 0.3) is 22.3 Å². The number of nitrogens with one attached hydrogen (secondary N) is 1. The lowest BCUT2D eigenvalue weighted by molar-refractivity contribution is 0.0676. The molecule has 182 valence electrons. The van der Waals surface area contributed by atoms with Gasteiger partial charge in [0.2, 0.25) is 0 Å². The van der Waals surface area contributed by atoms with Crippen LogP contribution in [0.15, 0.2) is 79.3 Å². The van der Waals surface area contributed by atoms with Crippen LogP contribution in [-0.2, 0) is 7.05 Å². The highest BCUT2D eigenvalue weighted by molar-refractivity contribution is 5.99. The molecule has 0 radical (unpaired) electrons. The molecule has 0 saturated carbocycles. The Morgan fingerprint density at radius 3 is 2.44 bits per heavy atom. The molecule has 8 heteroatoms. The molecule has 3 N–H and O–H groups in total. The Labute approximate surface area is 209 Å². The topological polar surface area (TPSA) is 106 Å². The highest BCUT2D eigenvalue weighted by Crippen LogP contribution is 2.23. The molecule has 0 bridgehead atoms. The standard InChI is InChI=1S/C28H28N6O2/c1-33-17-23(16-31-33)22-14-25(26(29)30-15-22)27(35)32-24-8-5-13-34(18-24)28(36)21-11-9-20(10-12-21)19-6-3-2-4-7-19/h2-4,6-7,9-12,14-17,24H,5,8,13,18H2,1H3,(H2,29,30)(H,32,35)/t24-/m0/s1. The average Bonchev–Trinajstić information content (AvgIpc) is 3.35. The Morgan fingerprint density at radius 1 is 0.972 bits per heavy atom. The summed E-state index contributed by atoms with van der Waals surface area (Å²) in [4.78, 5) is 32.3. The number of carbonyl (C=O) groups excluding carboxylic acids is 2. The third-order valence-corrected chi connectivity index (χ3v) is 6.48. The van der Waals surface area contributed by atoms with Crippen molar-refractivity contribution in [3.63, 3.8) is 0 Å². The Kier molecular flexibility index (Phi) is 6.49. The van der Waals surface area contributed by atoms with Crippen LogP contribution in [0.2, 0.25) is 0 Å². The van der Waals surface area contributed by atoms with E-state index in [0.717, 1.165) is 35.1 Å². The second-order valence-corrected chi connectivity index (χ2v) is 9.07. The predicted molar refractivity (Wildman–Crippen MR) is 139 cm³/mol. The SMILES string of the molecule is Cn1cc(-c2cnc(N)c(C(=O)N[C@H]3CCCN(C(=O)c4ccc(-c5ccccc5)cc4)C3)c2)cn1. The average molecular weight is 481 g/mol. The summed E-state index contributed by atoms with van der Waals surface area (Å²) < 4.78 is 1.69. The maximum Gasteiger partial charge on any atom is 0.255 e. The molecule has 2 aromatic carbocycles. The fraction of sp³-hybridized carbons (Fsp3) is 0.214. The summed E-state index contributed by atoms with van der Waals surface area (Å²) in [5.41, 5.74) is 10.8. The van der Waals surface area contributed by atoms with Gasteiger partial charge in [0, 0.05) is 55.3 Å². The van der Waals surface area contributed by atoms with E-state index in [9.17, 15) is 9.59 Å². The molecule has 36 heavy (non-hydrogen) atoms. The summed E-state index contributed by atoms with van der Waals surface area (Å²) in [6.45, 7) is 1.10. The number of amides is 2. The van der Waals surface area contributed by atoms with Gasteiger partial charge < -0.3 is 16.0 Å². The molecule has 1 aliphatic rings. The van der Waals surface area contributed by atoms with Gasteiger partial charge in [-0.05, 0) is 42.2 Å². The molecule has 0 spiro atoms. The number of pyridine rings is 1. The summed E-state index contributed by atoms with van der Waals surface area (Å²) in [5.74, 6) is -0.159. The van der Waals surface area contributed by atoms with E-state index in [1.54, 1.807) is 28.0 Å². The summed E-state index contributed by atoms with van der Waals surface area (Å²) in [7, 11) is 1.83. The number of aryl methyl sites for hydroxylation is 1. The van der Waals surface area contributed by atoms with Crippen molar-refractivity contribution in [3.8, 4) is 22.3 Å². The number of likely N-dealkylation sites (tertiary alicyclic amines) is 1. The maximum atomic E-state index is 13.2. The van der Waals surface area contributed by atoms with Gasteiger partial charge in [0.1, 0.15) is 5.82 Å². The molecule has 4 aromatic rings. The van der Waals surface area contributed by atoms with Crippen molar-refractivity contribution in [2.45, 2.75) is 18.9 Å². The quantitative estimate of drug-likeness (QED) is 0.452. The first kappa shape index (κ1) is 23.3. The van der Waals surface area contributed by atoms with E-state index in [4.69, 9.17) is 5.73 Å². The minimum Gasteiger partial charge on any atom is -0.383 e. The first-order valence-electron chi connectivity index (χ1n) is 12.0. The van der Waals surface area contributed by atoms with Crippen molar-refractivity contribution < 1.29 is 9.59 Å². The normalized spacial score (nSPS) is 15.5. The van der Waals surface area contributed by atoms with Gasteiger partial charge in [-0.3, -0.25) is 14.3 Å². The fourth-order valence-corrected chi connectivity index (χ4v) is 4.55. The van der Waals surface area contributed by atoms with Crippen molar-refractivity contribution in [1.29, 1.82) is 0 Å². The summed E-state index contributed by atoms with van der Waals surface area (Å²) in [5, 5.41) is 7.23. The van der Waals surface area contributed by atoms with Crippen LogP contribution in [0.1, 0.15) is 33.6 Å². The fourth-order valence-electron chi connectivity index (χ4n) is 4.55. The largest absolute Gasteiger partial charge is 0.383 e. The van der Waals surface area contributed by atoms with E-state index in [2.05, 4.69) is 15.4 Å². The number of nitrogen functional groups attached to an aromatic ring is 1. The molecule has 1 atom stereocenters. The molecule has 0 unspecified atom stereocenters. The summed E-state index contributed by atoms with van der Waals surface area (Å²) >= 11 is 0. The number of carbonyl (C=O) groups is 2.